The van der Waals surface area contributed by atoms with E-state index in [1.54, 1.807) is 6.20 Å². The van der Waals surface area contributed by atoms with Gasteiger partial charge < -0.3 is 15.3 Å². The molecule has 0 amide bonds. The van der Waals surface area contributed by atoms with E-state index in [9.17, 15) is 4.79 Å². The smallest absolute Gasteiger partial charge is 0.283 e. The molecule has 2 N–H and O–H groups in total. The van der Waals surface area contributed by atoms with E-state index in [-0.39, 0.29) is 18.7 Å². The van der Waals surface area contributed by atoms with E-state index < -0.39 is 0 Å². The molecule has 6 nitrogen and oxygen atoms in total. The molecule has 1 rings (SSSR count). The van der Waals surface area contributed by atoms with Crippen LogP contribution in [0.5, 0.6) is 0 Å². The third kappa shape index (κ3) is 3.52. The second-order valence-electron chi connectivity index (χ2n) is 3.62. The molecule has 0 bridgehead atoms. The monoisotopic (exact) mass is 304 g/mol. The first-order valence-electron chi connectivity index (χ1n) is 5.34. The molecule has 0 spiro atoms. The molecule has 0 saturated carbocycles. The summed E-state index contributed by atoms with van der Waals surface area (Å²) in [7, 11) is 3.77. The standard InChI is InChI=1S/C10H17BrN4O2/c1-12-3-4-14(2)8-7-13-15(5-6-16)10(17)9(8)11/h7,12,16H,3-6H2,1-2H3. The summed E-state index contributed by atoms with van der Waals surface area (Å²) in [6.07, 6.45) is 1.62. The molecule has 0 unspecified atom stereocenters. The van der Waals surface area contributed by atoms with Crippen LogP contribution >= 0.6 is 15.9 Å². The lowest BCUT2D eigenvalue weighted by Crippen LogP contribution is -2.31. The molecule has 0 radical (unpaired) electrons. The van der Waals surface area contributed by atoms with Crippen LogP contribution in [-0.2, 0) is 6.54 Å². The quantitative estimate of drug-likeness (QED) is 0.752. The summed E-state index contributed by atoms with van der Waals surface area (Å²) in [5, 5.41) is 15.8. The summed E-state index contributed by atoms with van der Waals surface area (Å²) < 4.78 is 1.71. The highest BCUT2D eigenvalue weighted by Gasteiger charge is 2.11. The lowest BCUT2D eigenvalue weighted by Gasteiger charge is -2.20. The number of nitrogens with zero attached hydrogens (tertiary/aromatic N) is 3. The van der Waals surface area contributed by atoms with Gasteiger partial charge in [-0.15, -0.1) is 0 Å². The Bertz CT molecular complexity index is 421. The molecule has 7 heteroatoms. The van der Waals surface area contributed by atoms with Crippen LogP contribution in [-0.4, -0.2) is 48.7 Å². The van der Waals surface area contributed by atoms with Gasteiger partial charge in [0.2, 0.25) is 0 Å². The summed E-state index contributed by atoms with van der Waals surface area (Å²) in [4.78, 5) is 13.8. The zero-order valence-electron chi connectivity index (χ0n) is 9.98. The summed E-state index contributed by atoms with van der Waals surface area (Å²) in [6.45, 7) is 1.70. The van der Waals surface area contributed by atoms with Crippen LogP contribution in [0.25, 0.3) is 0 Å². The van der Waals surface area contributed by atoms with Crippen LogP contribution in [0.3, 0.4) is 0 Å². The lowest BCUT2D eigenvalue weighted by molar-refractivity contribution is 0.266. The first-order chi connectivity index (χ1) is 8.11. The minimum atomic E-state index is -0.229. The fourth-order valence-electron chi connectivity index (χ4n) is 1.38. The number of aliphatic hydroxyl groups is 1. The van der Waals surface area contributed by atoms with E-state index in [0.717, 1.165) is 18.8 Å². The second kappa shape index (κ2) is 6.73. The SMILES string of the molecule is CNCCN(C)c1cnn(CCO)c(=O)c1Br. The van der Waals surface area contributed by atoms with Crippen LogP contribution in [0.1, 0.15) is 0 Å². The molecule has 1 aromatic rings. The van der Waals surface area contributed by atoms with Crippen LogP contribution in [0, 0.1) is 0 Å². The molecule has 0 atom stereocenters. The van der Waals surface area contributed by atoms with Crippen molar-refractivity contribution in [3.63, 3.8) is 0 Å². The molecule has 0 saturated heterocycles. The average Bonchev–Trinajstić information content (AvgIpc) is 2.32. The highest BCUT2D eigenvalue weighted by Crippen LogP contribution is 2.19. The van der Waals surface area contributed by atoms with Crippen molar-refractivity contribution < 1.29 is 5.11 Å². The maximum Gasteiger partial charge on any atom is 0.283 e. The largest absolute Gasteiger partial charge is 0.394 e. The van der Waals surface area contributed by atoms with Gasteiger partial charge in [0.25, 0.3) is 5.56 Å². The van der Waals surface area contributed by atoms with Gasteiger partial charge in [-0.3, -0.25) is 4.79 Å². The van der Waals surface area contributed by atoms with Crippen molar-refractivity contribution in [1.29, 1.82) is 0 Å². The van der Waals surface area contributed by atoms with Gasteiger partial charge in [0.15, 0.2) is 0 Å². The van der Waals surface area contributed by atoms with E-state index in [0.29, 0.717) is 4.47 Å². The molecule has 0 aliphatic rings. The highest BCUT2D eigenvalue weighted by molar-refractivity contribution is 9.10. The van der Waals surface area contributed by atoms with E-state index >= 15 is 0 Å². The van der Waals surface area contributed by atoms with Crippen LogP contribution in [0.4, 0.5) is 5.69 Å². The van der Waals surface area contributed by atoms with Gasteiger partial charge in [0.05, 0.1) is 25.0 Å². The lowest BCUT2D eigenvalue weighted by atomic mass is 10.4. The number of anilines is 1. The number of aromatic nitrogens is 2. The third-order valence-corrected chi connectivity index (χ3v) is 3.13. The number of halogens is 1. The Hall–Kier alpha value is -0.920. The summed E-state index contributed by atoms with van der Waals surface area (Å²) in [6, 6.07) is 0. The predicted molar refractivity (Wildman–Crippen MR) is 70.5 cm³/mol. The maximum absolute atomic E-state index is 11.9. The normalized spacial score (nSPS) is 10.6. The van der Waals surface area contributed by atoms with Crippen molar-refractivity contribution >= 4 is 21.6 Å². The number of hydrogen-bond acceptors (Lipinski definition) is 5. The van der Waals surface area contributed by atoms with E-state index in [1.165, 1.54) is 4.68 Å². The first-order valence-corrected chi connectivity index (χ1v) is 6.13. The van der Waals surface area contributed by atoms with Crippen molar-refractivity contribution in [1.82, 2.24) is 15.1 Å². The molecule has 1 heterocycles. The number of hydrogen-bond donors (Lipinski definition) is 2. The average molecular weight is 305 g/mol. The summed E-state index contributed by atoms with van der Waals surface area (Å²) in [5.74, 6) is 0. The molecule has 0 aromatic carbocycles. The number of rotatable bonds is 6. The fraction of sp³-hybridized carbons (Fsp3) is 0.600. The molecular formula is C10H17BrN4O2. The molecule has 0 aliphatic heterocycles. The van der Waals surface area contributed by atoms with Crippen molar-refractivity contribution in [2.45, 2.75) is 6.54 Å². The van der Waals surface area contributed by atoms with Gasteiger partial charge in [0.1, 0.15) is 4.47 Å². The van der Waals surface area contributed by atoms with E-state index in [1.807, 2.05) is 19.0 Å². The minimum Gasteiger partial charge on any atom is -0.394 e. The zero-order valence-corrected chi connectivity index (χ0v) is 11.6. The third-order valence-electron chi connectivity index (χ3n) is 2.39. The molecule has 0 aliphatic carbocycles. The van der Waals surface area contributed by atoms with E-state index in [4.69, 9.17) is 5.11 Å². The van der Waals surface area contributed by atoms with Gasteiger partial charge in [-0.2, -0.15) is 5.10 Å². The van der Waals surface area contributed by atoms with Crippen LogP contribution in [0.2, 0.25) is 0 Å². The Morgan fingerprint density at radius 2 is 2.35 bits per heavy atom. The van der Waals surface area contributed by atoms with Gasteiger partial charge in [0, 0.05) is 20.1 Å². The van der Waals surface area contributed by atoms with Crippen molar-refractivity contribution in [3.05, 3.63) is 21.0 Å². The number of aliphatic hydroxyl groups excluding tert-OH is 1. The van der Waals surface area contributed by atoms with Crippen molar-refractivity contribution in [3.8, 4) is 0 Å². The highest BCUT2D eigenvalue weighted by atomic mass is 79.9. The Kier molecular flexibility index (Phi) is 5.60. The molecule has 0 fully saturated rings. The molecular weight excluding hydrogens is 288 g/mol. The van der Waals surface area contributed by atoms with Gasteiger partial charge in [-0.25, -0.2) is 4.68 Å². The summed E-state index contributed by atoms with van der Waals surface area (Å²) >= 11 is 3.28. The fourth-order valence-corrected chi connectivity index (χ4v) is 1.99. The van der Waals surface area contributed by atoms with Gasteiger partial charge in [-0.05, 0) is 23.0 Å². The van der Waals surface area contributed by atoms with Crippen molar-refractivity contribution in [2.24, 2.45) is 0 Å². The van der Waals surface area contributed by atoms with Crippen LogP contribution < -0.4 is 15.8 Å². The predicted octanol–water partition coefficient (Wildman–Crippen LogP) is -0.346. The maximum atomic E-state index is 11.9. The summed E-state index contributed by atoms with van der Waals surface area (Å²) in [5.41, 5.74) is 0.521. The van der Waals surface area contributed by atoms with E-state index in [2.05, 4.69) is 26.3 Å². The zero-order chi connectivity index (χ0) is 12.8. The second-order valence-corrected chi connectivity index (χ2v) is 4.41. The minimum absolute atomic E-state index is 0.103. The number of nitrogens with one attached hydrogen (secondary N) is 1. The molecule has 1 aromatic heterocycles. The Labute approximate surface area is 108 Å². The topological polar surface area (TPSA) is 70.4 Å². The van der Waals surface area contributed by atoms with Crippen molar-refractivity contribution in [2.75, 3.05) is 38.7 Å². The Morgan fingerprint density at radius 3 is 2.94 bits per heavy atom. The Morgan fingerprint density at radius 1 is 1.65 bits per heavy atom. The van der Waals surface area contributed by atoms with Crippen LogP contribution in [0.15, 0.2) is 15.5 Å². The Balaban J connectivity index is 2.95. The number of likely N-dealkylation sites (N-methyl/N-ethyl adjacent to an activating group) is 2. The molecule has 17 heavy (non-hydrogen) atoms. The van der Waals surface area contributed by atoms with Gasteiger partial charge >= 0.3 is 0 Å². The molecule has 96 valence electrons. The van der Waals surface area contributed by atoms with Gasteiger partial charge in [-0.1, -0.05) is 0 Å². The first kappa shape index (κ1) is 14.1.